The van der Waals surface area contributed by atoms with Crippen LogP contribution in [0.1, 0.15) is 12.6 Å². The highest BCUT2D eigenvalue weighted by Gasteiger charge is 2.04. The molecule has 1 aromatic carbocycles. The summed E-state index contributed by atoms with van der Waals surface area (Å²) in [5, 5.41) is 4.58. The number of imidazole rings is 1. The lowest BCUT2D eigenvalue weighted by molar-refractivity contribution is 0.930. The Labute approximate surface area is 105 Å². The van der Waals surface area contributed by atoms with E-state index in [4.69, 9.17) is 0 Å². The number of benzene rings is 1. The van der Waals surface area contributed by atoms with E-state index in [1.807, 2.05) is 42.5 Å². The van der Waals surface area contributed by atoms with Crippen molar-refractivity contribution in [2.45, 2.75) is 6.92 Å². The first-order chi connectivity index (χ1) is 8.88. The van der Waals surface area contributed by atoms with E-state index in [1.54, 1.807) is 17.6 Å². The van der Waals surface area contributed by atoms with Crippen LogP contribution in [0, 0.1) is 11.8 Å². The molecule has 2 heterocycles. The Bertz CT molecular complexity index is 745. The van der Waals surface area contributed by atoms with E-state index in [1.165, 1.54) is 0 Å². The Kier molecular flexibility index (Phi) is 2.54. The van der Waals surface area contributed by atoms with Gasteiger partial charge >= 0.3 is 0 Å². The van der Waals surface area contributed by atoms with Gasteiger partial charge in [-0.15, -0.1) is 0 Å². The molecule has 0 aliphatic carbocycles. The van der Waals surface area contributed by atoms with Crippen LogP contribution in [0.3, 0.4) is 0 Å². The van der Waals surface area contributed by atoms with Crippen molar-refractivity contribution >= 4 is 5.65 Å². The van der Waals surface area contributed by atoms with Gasteiger partial charge in [-0.1, -0.05) is 36.3 Å². The Balaban J connectivity index is 2.20. The standard InChI is InChI=1S/C15H11N3/c1-2-6-13-11-16-15-10-9-14(17-18(13)15)12-7-4-3-5-8-12/h3-5,7-11H,1H3. The van der Waals surface area contributed by atoms with E-state index in [0.717, 1.165) is 22.6 Å². The largest absolute Gasteiger partial charge is 0.234 e. The summed E-state index contributed by atoms with van der Waals surface area (Å²) in [5.74, 6) is 5.87. The lowest BCUT2D eigenvalue weighted by atomic mass is 10.1. The summed E-state index contributed by atoms with van der Waals surface area (Å²) in [6.45, 7) is 1.81. The molecule has 0 amide bonds. The number of hydrogen-bond acceptors (Lipinski definition) is 2. The zero-order chi connectivity index (χ0) is 12.4. The molecule has 3 nitrogen and oxygen atoms in total. The molecule has 0 atom stereocenters. The molecule has 0 aliphatic heterocycles. The van der Waals surface area contributed by atoms with Gasteiger partial charge in [0.05, 0.1) is 11.9 Å². The van der Waals surface area contributed by atoms with Gasteiger partial charge in [0.15, 0.2) is 5.65 Å². The molecule has 3 heteroatoms. The second-order valence-electron chi connectivity index (χ2n) is 3.87. The normalized spacial score (nSPS) is 10.1. The molecule has 0 saturated heterocycles. The topological polar surface area (TPSA) is 30.2 Å². The monoisotopic (exact) mass is 233 g/mol. The van der Waals surface area contributed by atoms with Crippen LogP contribution >= 0.6 is 0 Å². The summed E-state index contributed by atoms with van der Waals surface area (Å²) >= 11 is 0. The second kappa shape index (κ2) is 4.34. The van der Waals surface area contributed by atoms with E-state index >= 15 is 0 Å². The molecular formula is C15H11N3. The fourth-order valence-electron chi connectivity index (χ4n) is 1.85. The summed E-state index contributed by atoms with van der Waals surface area (Å²) < 4.78 is 1.78. The predicted molar refractivity (Wildman–Crippen MR) is 71.0 cm³/mol. The van der Waals surface area contributed by atoms with E-state index < -0.39 is 0 Å². The molecule has 86 valence electrons. The van der Waals surface area contributed by atoms with Gasteiger partial charge in [0.2, 0.25) is 0 Å². The minimum atomic E-state index is 0.810. The average Bonchev–Trinajstić information content (AvgIpc) is 2.83. The van der Waals surface area contributed by atoms with Crippen molar-refractivity contribution in [1.82, 2.24) is 14.6 Å². The van der Waals surface area contributed by atoms with Gasteiger partial charge in [0, 0.05) is 5.56 Å². The molecule has 0 N–H and O–H groups in total. The van der Waals surface area contributed by atoms with Crippen LogP contribution in [0.15, 0.2) is 48.7 Å². The first-order valence-electron chi connectivity index (χ1n) is 5.71. The molecule has 0 saturated carbocycles. The summed E-state index contributed by atoms with van der Waals surface area (Å²) in [6.07, 6.45) is 1.74. The molecule has 0 aliphatic rings. The van der Waals surface area contributed by atoms with Crippen molar-refractivity contribution in [3.8, 4) is 23.1 Å². The first kappa shape index (κ1) is 10.5. The Morgan fingerprint density at radius 3 is 2.67 bits per heavy atom. The molecule has 3 rings (SSSR count). The summed E-state index contributed by atoms with van der Waals surface area (Å²) in [7, 11) is 0. The minimum Gasteiger partial charge on any atom is -0.234 e. The highest BCUT2D eigenvalue weighted by atomic mass is 15.3. The third kappa shape index (κ3) is 1.74. The van der Waals surface area contributed by atoms with Gasteiger partial charge < -0.3 is 0 Å². The Morgan fingerprint density at radius 2 is 1.89 bits per heavy atom. The average molecular weight is 233 g/mol. The lowest BCUT2D eigenvalue weighted by Crippen LogP contribution is -1.96. The number of aromatic nitrogens is 3. The van der Waals surface area contributed by atoms with Crippen LogP contribution in [-0.4, -0.2) is 14.6 Å². The van der Waals surface area contributed by atoms with E-state index in [0.29, 0.717) is 0 Å². The summed E-state index contributed by atoms with van der Waals surface area (Å²) in [5.41, 5.74) is 3.63. The molecular weight excluding hydrogens is 222 g/mol. The highest BCUT2D eigenvalue weighted by Crippen LogP contribution is 2.16. The van der Waals surface area contributed by atoms with Gasteiger partial charge in [-0.2, -0.15) is 5.10 Å². The zero-order valence-corrected chi connectivity index (χ0v) is 9.96. The van der Waals surface area contributed by atoms with Gasteiger partial charge in [0.25, 0.3) is 0 Å². The molecule has 18 heavy (non-hydrogen) atoms. The molecule has 0 fully saturated rings. The van der Waals surface area contributed by atoms with Crippen molar-refractivity contribution in [2.75, 3.05) is 0 Å². The smallest absolute Gasteiger partial charge is 0.154 e. The van der Waals surface area contributed by atoms with Crippen LogP contribution in [0.2, 0.25) is 0 Å². The molecule has 3 aromatic rings. The first-order valence-corrected chi connectivity index (χ1v) is 5.71. The lowest BCUT2D eigenvalue weighted by Gasteiger charge is -2.01. The maximum Gasteiger partial charge on any atom is 0.154 e. The van der Waals surface area contributed by atoms with E-state index in [9.17, 15) is 0 Å². The molecule has 0 radical (unpaired) electrons. The number of fused-ring (bicyclic) bond motifs is 1. The number of rotatable bonds is 1. The minimum absolute atomic E-state index is 0.810. The van der Waals surface area contributed by atoms with E-state index in [-0.39, 0.29) is 0 Å². The Morgan fingerprint density at radius 1 is 1.06 bits per heavy atom. The van der Waals surface area contributed by atoms with Crippen LogP contribution in [-0.2, 0) is 0 Å². The SMILES string of the molecule is CC#Cc1cnc2ccc(-c3ccccc3)nn12. The van der Waals surface area contributed by atoms with Gasteiger partial charge in [-0.05, 0) is 25.0 Å². The second-order valence-corrected chi connectivity index (χ2v) is 3.87. The molecule has 2 aromatic heterocycles. The highest BCUT2D eigenvalue weighted by molar-refractivity contribution is 5.60. The van der Waals surface area contributed by atoms with Gasteiger partial charge in [-0.3, -0.25) is 0 Å². The van der Waals surface area contributed by atoms with Gasteiger partial charge in [-0.25, -0.2) is 9.50 Å². The van der Waals surface area contributed by atoms with Crippen LogP contribution in [0.5, 0.6) is 0 Å². The van der Waals surface area contributed by atoms with Crippen molar-refractivity contribution in [3.05, 3.63) is 54.4 Å². The molecule has 0 bridgehead atoms. The van der Waals surface area contributed by atoms with Crippen LogP contribution in [0.4, 0.5) is 0 Å². The fraction of sp³-hybridized carbons (Fsp3) is 0.0667. The maximum absolute atomic E-state index is 4.58. The Hall–Kier alpha value is -2.60. The van der Waals surface area contributed by atoms with Crippen LogP contribution < -0.4 is 0 Å². The quantitative estimate of drug-likeness (QED) is 0.605. The van der Waals surface area contributed by atoms with Crippen LogP contribution in [0.25, 0.3) is 16.9 Å². The summed E-state index contributed by atoms with van der Waals surface area (Å²) in [6, 6.07) is 14.0. The third-order valence-corrected chi connectivity index (χ3v) is 2.68. The fourth-order valence-corrected chi connectivity index (χ4v) is 1.85. The molecule has 0 spiro atoms. The van der Waals surface area contributed by atoms with Crippen molar-refractivity contribution in [1.29, 1.82) is 0 Å². The predicted octanol–water partition coefficient (Wildman–Crippen LogP) is 2.77. The number of nitrogens with zero attached hydrogens (tertiary/aromatic N) is 3. The third-order valence-electron chi connectivity index (χ3n) is 2.68. The van der Waals surface area contributed by atoms with Crippen molar-refractivity contribution in [3.63, 3.8) is 0 Å². The summed E-state index contributed by atoms with van der Waals surface area (Å²) in [4.78, 5) is 4.27. The molecule has 0 unspecified atom stereocenters. The maximum atomic E-state index is 4.58. The zero-order valence-electron chi connectivity index (χ0n) is 9.96. The number of hydrogen-bond donors (Lipinski definition) is 0. The van der Waals surface area contributed by atoms with Crippen molar-refractivity contribution in [2.24, 2.45) is 0 Å². The van der Waals surface area contributed by atoms with E-state index in [2.05, 4.69) is 21.9 Å². The van der Waals surface area contributed by atoms with Crippen molar-refractivity contribution < 1.29 is 0 Å². The van der Waals surface area contributed by atoms with Gasteiger partial charge in [0.1, 0.15) is 5.69 Å².